The van der Waals surface area contributed by atoms with Gasteiger partial charge in [0.15, 0.2) is 5.96 Å². The number of guanidine groups is 1. The maximum absolute atomic E-state index is 12.9. The van der Waals surface area contributed by atoms with Gasteiger partial charge in [0.25, 0.3) is 0 Å². The molecule has 4 atom stereocenters. The summed E-state index contributed by atoms with van der Waals surface area (Å²) in [5.74, 6) is -6.16. The van der Waals surface area contributed by atoms with Crippen LogP contribution in [0.15, 0.2) is 4.99 Å². The standard InChI is InChI=1S/C20H34N8O8/c21-14(29)9-13(18(34)27-12(19(35)36)4-2-8-25-20(22)23)28-17(33)11(5-6-15(30)31)26-16(32)10-3-1-7-24-10/h10-13,24H,1-9H2,(H2,21,29)(H,26,32)(H,27,34)(H,28,33)(H,30,31)(H,35,36)(H4,22,23,25). The third-order valence-corrected chi connectivity index (χ3v) is 5.25. The summed E-state index contributed by atoms with van der Waals surface area (Å²) >= 11 is 0. The fourth-order valence-electron chi connectivity index (χ4n) is 3.43. The highest BCUT2D eigenvalue weighted by Crippen LogP contribution is 2.08. The number of nitrogens with zero attached hydrogens (tertiary/aromatic N) is 1. The molecule has 16 heteroatoms. The molecule has 1 saturated heterocycles. The van der Waals surface area contributed by atoms with E-state index in [-0.39, 0.29) is 31.8 Å². The number of carboxylic acids is 2. The van der Waals surface area contributed by atoms with Gasteiger partial charge in [-0.2, -0.15) is 0 Å². The molecule has 0 saturated carbocycles. The van der Waals surface area contributed by atoms with Crippen LogP contribution in [0.5, 0.6) is 0 Å². The molecule has 1 heterocycles. The number of primary amides is 1. The second kappa shape index (κ2) is 15.1. The van der Waals surface area contributed by atoms with Crippen LogP contribution in [0.3, 0.4) is 0 Å². The molecule has 1 aliphatic rings. The molecular weight excluding hydrogens is 480 g/mol. The molecule has 0 aromatic rings. The predicted molar refractivity (Wildman–Crippen MR) is 125 cm³/mol. The van der Waals surface area contributed by atoms with Gasteiger partial charge in [-0.05, 0) is 38.6 Å². The molecule has 12 N–H and O–H groups in total. The lowest BCUT2D eigenvalue weighted by Gasteiger charge is -2.24. The van der Waals surface area contributed by atoms with Gasteiger partial charge >= 0.3 is 11.9 Å². The van der Waals surface area contributed by atoms with E-state index in [9.17, 15) is 33.9 Å². The van der Waals surface area contributed by atoms with Crippen LogP contribution in [0.2, 0.25) is 0 Å². The Balaban J connectivity index is 2.91. The minimum absolute atomic E-state index is 0.0548. The maximum Gasteiger partial charge on any atom is 0.326 e. The number of aliphatic carboxylic acids is 2. The number of carboxylic acid groups (broad SMARTS) is 2. The SMILES string of the molecule is NC(=O)CC(NC(=O)C(CCC(=O)O)NC(=O)C1CCCN1)C(=O)NC(CCCN=C(N)N)C(=O)O. The maximum atomic E-state index is 12.9. The van der Waals surface area contributed by atoms with E-state index >= 15 is 0 Å². The molecule has 0 aromatic heterocycles. The molecule has 1 fully saturated rings. The number of rotatable bonds is 16. The smallest absolute Gasteiger partial charge is 0.326 e. The second-order valence-electron chi connectivity index (χ2n) is 8.22. The van der Waals surface area contributed by atoms with Crippen molar-refractivity contribution >= 4 is 41.5 Å². The number of hydrogen-bond donors (Lipinski definition) is 9. The Kier molecular flexibility index (Phi) is 12.6. The monoisotopic (exact) mass is 514 g/mol. The molecule has 16 nitrogen and oxygen atoms in total. The molecule has 4 unspecified atom stereocenters. The number of nitrogens with one attached hydrogen (secondary N) is 4. The molecule has 1 aliphatic heterocycles. The van der Waals surface area contributed by atoms with Gasteiger partial charge in [-0.3, -0.25) is 29.0 Å². The normalized spacial score (nSPS) is 17.2. The zero-order valence-corrected chi connectivity index (χ0v) is 19.7. The fourth-order valence-corrected chi connectivity index (χ4v) is 3.43. The van der Waals surface area contributed by atoms with Crippen LogP contribution in [0.1, 0.15) is 44.9 Å². The van der Waals surface area contributed by atoms with Gasteiger partial charge in [-0.15, -0.1) is 0 Å². The summed E-state index contributed by atoms with van der Waals surface area (Å²) in [6.45, 7) is 0.728. The van der Waals surface area contributed by atoms with Gasteiger partial charge in [0.05, 0.1) is 12.5 Å². The molecule has 0 spiro atoms. The van der Waals surface area contributed by atoms with Crippen LogP contribution in [0, 0.1) is 0 Å². The van der Waals surface area contributed by atoms with Crippen molar-refractivity contribution in [2.45, 2.75) is 69.1 Å². The van der Waals surface area contributed by atoms with Gasteiger partial charge in [0, 0.05) is 13.0 Å². The first-order valence-corrected chi connectivity index (χ1v) is 11.3. The summed E-state index contributed by atoms with van der Waals surface area (Å²) in [5, 5.41) is 28.3. The number of aliphatic imine (C=N–C) groups is 1. The first-order chi connectivity index (χ1) is 16.9. The third-order valence-electron chi connectivity index (χ3n) is 5.25. The van der Waals surface area contributed by atoms with Crippen LogP contribution < -0.4 is 38.5 Å². The van der Waals surface area contributed by atoms with Crippen molar-refractivity contribution in [2.75, 3.05) is 13.1 Å². The molecular formula is C20H34N8O8. The van der Waals surface area contributed by atoms with Crippen molar-refractivity contribution in [3.63, 3.8) is 0 Å². The molecule has 4 amide bonds. The Bertz CT molecular complexity index is 855. The van der Waals surface area contributed by atoms with Crippen LogP contribution in [0.25, 0.3) is 0 Å². The Morgan fingerprint density at radius 2 is 1.56 bits per heavy atom. The van der Waals surface area contributed by atoms with E-state index in [1.54, 1.807) is 0 Å². The van der Waals surface area contributed by atoms with Gasteiger partial charge in [-0.25, -0.2) is 4.79 Å². The Hall–Kier alpha value is -3.95. The molecule has 0 aliphatic carbocycles. The van der Waals surface area contributed by atoms with Crippen molar-refractivity contribution in [3.8, 4) is 0 Å². The van der Waals surface area contributed by atoms with Gasteiger partial charge in [0.1, 0.15) is 18.1 Å². The van der Waals surface area contributed by atoms with Crippen LogP contribution in [0.4, 0.5) is 0 Å². The van der Waals surface area contributed by atoms with Gasteiger partial charge < -0.3 is 48.7 Å². The lowest BCUT2D eigenvalue weighted by Crippen LogP contribution is -2.57. The first-order valence-electron chi connectivity index (χ1n) is 11.3. The highest BCUT2D eigenvalue weighted by atomic mass is 16.4. The molecule has 0 aromatic carbocycles. The lowest BCUT2D eigenvalue weighted by atomic mass is 10.1. The number of carbonyl (C=O) groups excluding carboxylic acids is 4. The van der Waals surface area contributed by atoms with E-state index in [4.69, 9.17) is 22.3 Å². The van der Waals surface area contributed by atoms with Crippen LogP contribution in [-0.4, -0.2) is 89.0 Å². The van der Waals surface area contributed by atoms with Crippen molar-refractivity contribution in [1.29, 1.82) is 0 Å². The quantitative estimate of drug-likeness (QED) is 0.0544. The summed E-state index contributed by atoms with van der Waals surface area (Å²) < 4.78 is 0. The summed E-state index contributed by atoms with van der Waals surface area (Å²) in [7, 11) is 0. The first kappa shape index (κ1) is 30.1. The summed E-state index contributed by atoms with van der Waals surface area (Å²) in [5.41, 5.74) is 15.6. The zero-order valence-electron chi connectivity index (χ0n) is 19.7. The molecule has 36 heavy (non-hydrogen) atoms. The summed E-state index contributed by atoms with van der Waals surface area (Å²) in [4.78, 5) is 75.8. The molecule has 1 rings (SSSR count). The average Bonchev–Trinajstić information content (AvgIpc) is 3.32. The van der Waals surface area contributed by atoms with Gasteiger partial charge in [-0.1, -0.05) is 0 Å². The fraction of sp³-hybridized carbons (Fsp3) is 0.650. The van der Waals surface area contributed by atoms with Crippen molar-refractivity contribution in [2.24, 2.45) is 22.2 Å². The number of nitrogens with two attached hydrogens (primary N) is 3. The third kappa shape index (κ3) is 11.5. The topological polar surface area (TPSA) is 281 Å². The van der Waals surface area contributed by atoms with Crippen LogP contribution in [-0.2, 0) is 28.8 Å². The molecule has 202 valence electrons. The molecule has 0 bridgehead atoms. The predicted octanol–water partition coefficient (Wildman–Crippen LogP) is -3.93. The van der Waals surface area contributed by atoms with E-state index in [0.717, 1.165) is 6.42 Å². The highest BCUT2D eigenvalue weighted by molar-refractivity contribution is 5.96. The summed E-state index contributed by atoms with van der Waals surface area (Å²) in [6, 6.07) is -4.82. The highest BCUT2D eigenvalue weighted by Gasteiger charge is 2.32. The van der Waals surface area contributed by atoms with E-state index in [0.29, 0.717) is 13.0 Å². The minimum Gasteiger partial charge on any atom is -0.481 e. The largest absolute Gasteiger partial charge is 0.481 e. The van der Waals surface area contributed by atoms with Crippen molar-refractivity contribution in [1.82, 2.24) is 21.3 Å². The second-order valence-corrected chi connectivity index (χ2v) is 8.22. The number of hydrogen-bond acceptors (Lipinski definition) is 8. The van der Waals surface area contributed by atoms with E-state index in [2.05, 4.69) is 26.3 Å². The summed E-state index contributed by atoms with van der Waals surface area (Å²) in [6.07, 6.45) is 0.0310. The number of carbonyl (C=O) groups is 6. The average molecular weight is 515 g/mol. The Morgan fingerprint density at radius 1 is 0.917 bits per heavy atom. The van der Waals surface area contributed by atoms with Crippen molar-refractivity contribution in [3.05, 3.63) is 0 Å². The van der Waals surface area contributed by atoms with E-state index in [1.165, 1.54) is 0 Å². The molecule has 0 radical (unpaired) electrons. The van der Waals surface area contributed by atoms with Crippen LogP contribution >= 0.6 is 0 Å². The zero-order chi connectivity index (χ0) is 27.3. The minimum atomic E-state index is -1.57. The van der Waals surface area contributed by atoms with Gasteiger partial charge in [0.2, 0.25) is 23.6 Å². The lowest BCUT2D eigenvalue weighted by molar-refractivity contribution is -0.142. The van der Waals surface area contributed by atoms with Crippen molar-refractivity contribution < 1.29 is 39.0 Å². The van der Waals surface area contributed by atoms with E-state index in [1.807, 2.05) is 0 Å². The Labute approximate surface area is 206 Å². The Morgan fingerprint density at radius 3 is 2.08 bits per heavy atom. The van der Waals surface area contributed by atoms with E-state index < -0.39 is 72.6 Å². The number of amides is 4.